The van der Waals surface area contributed by atoms with Gasteiger partial charge in [-0.2, -0.15) is 0 Å². The largest absolute Gasteiger partial charge is 0.466 e. The van der Waals surface area contributed by atoms with Crippen LogP contribution in [0.2, 0.25) is 0 Å². The predicted octanol–water partition coefficient (Wildman–Crippen LogP) is 2.67. The summed E-state index contributed by atoms with van der Waals surface area (Å²) < 4.78 is 7.13. The van der Waals surface area contributed by atoms with Crippen LogP contribution in [0.5, 0.6) is 0 Å². The number of carbonyl (C=O) groups is 2. The molecule has 1 aromatic carbocycles. The molecule has 0 aliphatic carbocycles. The Kier molecular flexibility index (Phi) is 5.92. The highest BCUT2D eigenvalue weighted by atomic mass is 16.6. The summed E-state index contributed by atoms with van der Waals surface area (Å²) in [7, 11) is 1.42. The summed E-state index contributed by atoms with van der Waals surface area (Å²) in [5.41, 5.74) is 3.47. The highest BCUT2D eigenvalue weighted by molar-refractivity contribution is 6.54. The Hall–Kier alpha value is -3.75. The maximum atomic E-state index is 13.0. The van der Waals surface area contributed by atoms with Gasteiger partial charge in [-0.15, -0.1) is 0 Å². The highest BCUT2D eigenvalue weighted by Crippen LogP contribution is 2.30. The fourth-order valence-electron chi connectivity index (χ4n) is 3.72. The first kappa shape index (κ1) is 20.5. The van der Waals surface area contributed by atoms with E-state index in [1.54, 1.807) is 23.4 Å². The average molecular weight is 421 g/mol. The number of benzene rings is 1. The van der Waals surface area contributed by atoms with Crippen molar-refractivity contribution in [2.24, 2.45) is 5.16 Å². The van der Waals surface area contributed by atoms with Gasteiger partial charge in [0.15, 0.2) is 5.71 Å². The Morgan fingerprint density at radius 2 is 2.03 bits per heavy atom. The van der Waals surface area contributed by atoms with Crippen molar-refractivity contribution in [1.82, 2.24) is 14.5 Å². The summed E-state index contributed by atoms with van der Waals surface area (Å²) >= 11 is 0. The minimum absolute atomic E-state index is 0.252. The molecular weight excluding hydrogens is 398 g/mol. The molecular formula is C22H23N5O4. The lowest BCUT2D eigenvalue weighted by atomic mass is 10.2. The van der Waals surface area contributed by atoms with Crippen LogP contribution < -0.4 is 4.90 Å². The summed E-state index contributed by atoms with van der Waals surface area (Å²) in [6, 6.07) is 9.62. The number of hydrogen-bond acceptors (Lipinski definition) is 7. The van der Waals surface area contributed by atoms with Crippen molar-refractivity contribution in [3.05, 3.63) is 54.1 Å². The van der Waals surface area contributed by atoms with Gasteiger partial charge in [-0.25, -0.2) is 4.98 Å². The van der Waals surface area contributed by atoms with Crippen LogP contribution in [0.25, 0.3) is 11.0 Å². The fraction of sp³-hybridized carbons (Fsp3) is 0.318. The van der Waals surface area contributed by atoms with Crippen molar-refractivity contribution in [3.63, 3.8) is 0 Å². The number of aryl methyl sites for hydroxylation is 1. The van der Waals surface area contributed by atoms with Crippen LogP contribution in [-0.4, -0.2) is 45.8 Å². The zero-order valence-corrected chi connectivity index (χ0v) is 17.4. The topological polar surface area (TPSA) is 98.9 Å². The molecule has 0 fully saturated rings. The van der Waals surface area contributed by atoms with Crippen molar-refractivity contribution in [2.75, 3.05) is 18.6 Å². The van der Waals surface area contributed by atoms with E-state index in [-0.39, 0.29) is 24.1 Å². The molecule has 9 heteroatoms. The summed E-state index contributed by atoms with van der Waals surface area (Å²) in [6.45, 7) is 2.76. The van der Waals surface area contributed by atoms with Crippen molar-refractivity contribution >= 4 is 34.3 Å². The zero-order valence-electron chi connectivity index (χ0n) is 17.4. The number of anilines is 1. The molecule has 1 amide bonds. The number of hydrogen-bond donors (Lipinski definition) is 0. The van der Waals surface area contributed by atoms with E-state index in [0.29, 0.717) is 24.4 Å². The molecule has 0 unspecified atom stereocenters. The SMILES string of the molecule is CON=C1C(=O)N(Cc2nc3ccccc3n2CCCCOC(C)=O)c2cnccc21. The first-order chi connectivity index (χ1) is 15.1. The summed E-state index contributed by atoms with van der Waals surface area (Å²) in [6.07, 6.45) is 4.82. The molecule has 0 spiro atoms. The lowest BCUT2D eigenvalue weighted by Gasteiger charge is -2.17. The number of unbranched alkanes of at least 4 members (excludes halogenated alkanes) is 1. The Morgan fingerprint density at radius 3 is 2.84 bits per heavy atom. The molecule has 2 aromatic heterocycles. The molecule has 0 saturated carbocycles. The van der Waals surface area contributed by atoms with Crippen LogP contribution in [0, 0.1) is 0 Å². The first-order valence-corrected chi connectivity index (χ1v) is 10.0. The van der Waals surface area contributed by atoms with E-state index in [4.69, 9.17) is 14.6 Å². The third-order valence-electron chi connectivity index (χ3n) is 5.09. The Bertz CT molecular complexity index is 1150. The maximum Gasteiger partial charge on any atom is 0.302 e. The maximum absolute atomic E-state index is 13.0. The number of oxime groups is 1. The molecule has 1 aliphatic rings. The van der Waals surface area contributed by atoms with Crippen molar-refractivity contribution in [2.45, 2.75) is 32.9 Å². The van der Waals surface area contributed by atoms with E-state index in [1.807, 2.05) is 24.3 Å². The van der Waals surface area contributed by atoms with E-state index in [1.165, 1.54) is 14.0 Å². The smallest absolute Gasteiger partial charge is 0.302 e. The third-order valence-corrected chi connectivity index (χ3v) is 5.09. The van der Waals surface area contributed by atoms with E-state index in [0.717, 1.165) is 29.7 Å². The number of fused-ring (bicyclic) bond motifs is 2. The second kappa shape index (κ2) is 8.95. The molecule has 160 valence electrons. The number of imidazole rings is 1. The third kappa shape index (κ3) is 4.11. The van der Waals surface area contributed by atoms with Crippen molar-refractivity contribution in [3.8, 4) is 0 Å². The van der Waals surface area contributed by atoms with Crippen molar-refractivity contribution in [1.29, 1.82) is 0 Å². The molecule has 31 heavy (non-hydrogen) atoms. The Morgan fingerprint density at radius 1 is 1.19 bits per heavy atom. The van der Waals surface area contributed by atoms with Crippen LogP contribution in [0.15, 0.2) is 47.9 Å². The number of rotatable bonds is 8. The van der Waals surface area contributed by atoms with Gasteiger partial charge in [0.2, 0.25) is 0 Å². The number of carbonyl (C=O) groups excluding carboxylic acids is 2. The second-order valence-electron chi connectivity index (χ2n) is 7.12. The lowest BCUT2D eigenvalue weighted by Crippen LogP contribution is -2.31. The fourth-order valence-corrected chi connectivity index (χ4v) is 3.72. The number of amides is 1. The van der Waals surface area contributed by atoms with Gasteiger partial charge in [-0.1, -0.05) is 17.3 Å². The summed E-state index contributed by atoms with van der Waals surface area (Å²) in [4.78, 5) is 39.5. The quantitative estimate of drug-likeness (QED) is 0.315. The van der Waals surface area contributed by atoms with E-state index in [9.17, 15) is 9.59 Å². The molecule has 9 nitrogen and oxygen atoms in total. The molecule has 0 N–H and O–H groups in total. The number of para-hydroxylation sites is 2. The lowest BCUT2D eigenvalue weighted by molar-refractivity contribution is -0.141. The van der Waals surface area contributed by atoms with Crippen molar-refractivity contribution < 1.29 is 19.2 Å². The standard InChI is InChI=1S/C22H23N5O4/c1-15(28)31-12-6-5-11-26-18-8-4-3-7-17(18)24-20(26)14-27-19-13-23-10-9-16(19)21(22(27)29)25-30-2/h3-4,7-10,13H,5-6,11-12,14H2,1-2H3. The summed E-state index contributed by atoms with van der Waals surface area (Å²) in [5, 5.41) is 3.92. The normalized spacial score (nSPS) is 14.3. The second-order valence-corrected chi connectivity index (χ2v) is 7.12. The van der Waals surface area contributed by atoms with Crippen LogP contribution in [0.1, 0.15) is 31.2 Å². The van der Waals surface area contributed by atoms with Gasteiger partial charge in [0.05, 0.1) is 36.1 Å². The highest BCUT2D eigenvalue weighted by Gasteiger charge is 2.35. The van der Waals surface area contributed by atoms with Crippen LogP contribution in [0.3, 0.4) is 0 Å². The molecule has 4 rings (SSSR count). The Balaban J connectivity index is 1.62. The molecule has 0 saturated heterocycles. The van der Waals surface area contributed by atoms with Gasteiger partial charge in [0.25, 0.3) is 5.91 Å². The van der Waals surface area contributed by atoms with Crippen LogP contribution in [-0.2, 0) is 32.3 Å². The van der Waals surface area contributed by atoms with Gasteiger partial charge in [-0.05, 0) is 31.0 Å². The van der Waals surface area contributed by atoms with Crippen LogP contribution in [0.4, 0.5) is 5.69 Å². The van der Waals surface area contributed by atoms with Gasteiger partial charge in [0.1, 0.15) is 12.9 Å². The number of ether oxygens (including phenoxy) is 1. The van der Waals surface area contributed by atoms with Gasteiger partial charge >= 0.3 is 5.97 Å². The van der Waals surface area contributed by atoms with E-state index < -0.39 is 0 Å². The number of aromatic nitrogens is 3. The van der Waals surface area contributed by atoms with Gasteiger partial charge in [0, 0.05) is 25.2 Å². The van der Waals surface area contributed by atoms with Gasteiger partial charge < -0.3 is 14.1 Å². The first-order valence-electron chi connectivity index (χ1n) is 10.0. The minimum Gasteiger partial charge on any atom is -0.466 e. The van der Waals surface area contributed by atoms with Gasteiger partial charge in [-0.3, -0.25) is 19.5 Å². The average Bonchev–Trinajstić information content (AvgIpc) is 3.24. The minimum atomic E-state index is -0.276. The Labute approximate surface area is 179 Å². The van der Waals surface area contributed by atoms with E-state index in [2.05, 4.69) is 14.7 Å². The number of nitrogens with zero attached hydrogens (tertiary/aromatic N) is 5. The number of pyridine rings is 1. The molecule has 1 aliphatic heterocycles. The number of esters is 1. The molecule has 3 aromatic rings. The molecule has 0 atom stereocenters. The summed E-state index contributed by atoms with van der Waals surface area (Å²) in [5.74, 6) is 0.232. The monoisotopic (exact) mass is 421 g/mol. The zero-order chi connectivity index (χ0) is 21.8. The predicted molar refractivity (Wildman–Crippen MR) is 115 cm³/mol. The molecule has 3 heterocycles. The molecule has 0 radical (unpaired) electrons. The van der Waals surface area contributed by atoms with E-state index >= 15 is 0 Å². The molecule has 0 bridgehead atoms. The van der Waals surface area contributed by atoms with Crippen LogP contribution >= 0.6 is 0 Å².